The van der Waals surface area contributed by atoms with Crippen LogP contribution in [0.5, 0.6) is 5.75 Å². The van der Waals surface area contributed by atoms with Crippen LogP contribution in [-0.2, 0) is 10.3 Å². The average Bonchev–Trinajstić information content (AvgIpc) is 3.56. The van der Waals surface area contributed by atoms with Crippen molar-refractivity contribution in [3.63, 3.8) is 0 Å². The number of ether oxygens (including phenoxy) is 2. The highest BCUT2D eigenvalue weighted by Gasteiger charge is 2.48. The summed E-state index contributed by atoms with van der Waals surface area (Å²) in [5, 5.41) is 0.184. The number of hydrogen-bond acceptors (Lipinski definition) is 6. The Morgan fingerprint density at radius 1 is 0.520 bits per heavy atom. The summed E-state index contributed by atoms with van der Waals surface area (Å²) in [6.45, 7) is -0.324. The lowest BCUT2D eigenvalue weighted by Crippen LogP contribution is -2.53. The summed E-state index contributed by atoms with van der Waals surface area (Å²) in [7, 11) is 1.61. The van der Waals surface area contributed by atoms with Crippen LogP contribution in [0, 0.1) is 5.41 Å². The molecule has 250 valence electrons. The van der Waals surface area contributed by atoms with Gasteiger partial charge >= 0.3 is 0 Å². The van der Waals surface area contributed by atoms with Gasteiger partial charge in [0.1, 0.15) is 11.4 Å². The van der Waals surface area contributed by atoms with Gasteiger partial charge in [0.2, 0.25) is 0 Å². The molecule has 0 saturated heterocycles. The molecule has 0 N–H and O–H groups in total. The van der Waals surface area contributed by atoms with Crippen LogP contribution in [0.4, 0.5) is 0 Å². The maximum Gasteiger partial charge on any atom is 0.261 e. The van der Waals surface area contributed by atoms with E-state index in [2.05, 4.69) is 15.9 Å². The molecular weight excluding hydrogens is 696 g/mol. The number of fused-ring (bicyclic) bond motifs is 2. The second-order valence-electron chi connectivity index (χ2n) is 12.5. The Morgan fingerprint density at radius 2 is 0.880 bits per heavy atom. The molecule has 0 bridgehead atoms. The molecule has 4 amide bonds. The molecule has 5 aromatic rings. The van der Waals surface area contributed by atoms with Crippen molar-refractivity contribution < 1.29 is 28.7 Å². The fraction of sp³-hybridized carbons (Fsp3) is 0.171. The quantitative estimate of drug-likeness (QED) is 0.0783. The number of alkyl halides is 1. The Labute approximate surface area is 298 Å². The first-order valence-electron chi connectivity index (χ1n) is 16.2. The zero-order valence-corrected chi connectivity index (χ0v) is 28.8. The van der Waals surface area contributed by atoms with Crippen molar-refractivity contribution >= 4 is 39.6 Å². The van der Waals surface area contributed by atoms with Crippen LogP contribution in [0.2, 0.25) is 0 Å². The molecule has 2 aliphatic heterocycles. The Balaban J connectivity index is 1.35. The average molecular weight is 730 g/mol. The van der Waals surface area contributed by atoms with Crippen molar-refractivity contribution in [1.29, 1.82) is 0 Å². The molecule has 0 aliphatic carbocycles. The lowest BCUT2D eigenvalue weighted by Gasteiger charge is -2.42. The molecule has 0 radical (unpaired) electrons. The fourth-order valence-corrected chi connectivity index (χ4v) is 7.40. The van der Waals surface area contributed by atoms with Gasteiger partial charge in [-0.15, -0.1) is 0 Å². The van der Waals surface area contributed by atoms with Crippen LogP contribution in [0.1, 0.15) is 58.1 Å². The summed E-state index contributed by atoms with van der Waals surface area (Å²) in [5.41, 5.74) is 1.37. The molecule has 2 aliphatic rings. The SMILES string of the molecule is COc1ccc(C(OCC(CBr)(CN2C(=O)c3ccccc3C2=O)CN2C(=O)c3ccccc3C2=O)(c2ccccc2)c2ccccc2)cc1. The maximum absolute atomic E-state index is 13.8. The summed E-state index contributed by atoms with van der Waals surface area (Å²) in [6.07, 6.45) is 0. The molecule has 0 aromatic heterocycles. The van der Waals surface area contributed by atoms with Crippen molar-refractivity contribution in [1.82, 2.24) is 9.80 Å². The molecule has 0 saturated carbocycles. The smallest absolute Gasteiger partial charge is 0.261 e. The van der Waals surface area contributed by atoms with Gasteiger partial charge in [0.05, 0.1) is 36.0 Å². The van der Waals surface area contributed by atoms with E-state index in [1.807, 2.05) is 84.9 Å². The standard InChI is InChI=1S/C41H33BrN2O6/c1-49-31-22-20-30(21-23-31)41(28-12-4-2-5-13-28,29-14-6-3-7-15-29)50-27-40(24-42,25-43-36(45)32-16-8-9-17-33(32)37(43)46)26-44-38(47)34-18-10-11-19-35(34)39(44)48/h2-23H,24-27H2,1H3. The first-order valence-corrected chi connectivity index (χ1v) is 17.3. The van der Waals surface area contributed by atoms with E-state index in [0.717, 1.165) is 16.7 Å². The molecular formula is C41H33BrN2O6. The van der Waals surface area contributed by atoms with Gasteiger partial charge in [-0.05, 0) is 53.1 Å². The van der Waals surface area contributed by atoms with Gasteiger partial charge in [-0.25, -0.2) is 0 Å². The molecule has 0 atom stereocenters. The minimum Gasteiger partial charge on any atom is -0.497 e. The number of halogens is 1. The lowest BCUT2D eigenvalue weighted by molar-refractivity contribution is -0.0450. The molecule has 50 heavy (non-hydrogen) atoms. The molecule has 2 heterocycles. The van der Waals surface area contributed by atoms with Gasteiger partial charge in [-0.1, -0.05) is 113 Å². The topological polar surface area (TPSA) is 93.2 Å². The van der Waals surface area contributed by atoms with E-state index in [4.69, 9.17) is 9.47 Å². The van der Waals surface area contributed by atoms with Gasteiger partial charge in [0, 0.05) is 23.8 Å². The molecule has 0 spiro atoms. The van der Waals surface area contributed by atoms with Crippen LogP contribution in [0.15, 0.2) is 133 Å². The Morgan fingerprint density at radius 3 is 1.24 bits per heavy atom. The van der Waals surface area contributed by atoms with Crippen molar-refractivity contribution in [2.75, 3.05) is 32.1 Å². The summed E-state index contributed by atoms with van der Waals surface area (Å²) in [4.78, 5) is 57.4. The van der Waals surface area contributed by atoms with E-state index < -0.39 is 34.6 Å². The Kier molecular flexibility index (Phi) is 8.94. The number of nitrogens with zero attached hydrogens (tertiary/aromatic N) is 2. The van der Waals surface area contributed by atoms with Gasteiger partial charge < -0.3 is 9.47 Å². The van der Waals surface area contributed by atoms with Gasteiger partial charge in [0.25, 0.3) is 23.6 Å². The second kappa shape index (κ2) is 13.5. The lowest BCUT2D eigenvalue weighted by atomic mass is 9.79. The van der Waals surface area contributed by atoms with Gasteiger partial charge in [-0.3, -0.25) is 29.0 Å². The van der Waals surface area contributed by atoms with Crippen LogP contribution in [0.25, 0.3) is 0 Å². The number of imide groups is 2. The van der Waals surface area contributed by atoms with Crippen molar-refractivity contribution in [2.45, 2.75) is 5.60 Å². The van der Waals surface area contributed by atoms with Crippen LogP contribution < -0.4 is 4.74 Å². The summed E-state index contributed by atoms with van der Waals surface area (Å²) < 4.78 is 12.7. The summed E-state index contributed by atoms with van der Waals surface area (Å²) >= 11 is 3.70. The Hall–Kier alpha value is -5.38. The molecule has 9 heteroatoms. The zero-order chi connectivity index (χ0) is 34.9. The van der Waals surface area contributed by atoms with E-state index >= 15 is 0 Å². The minimum absolute atomic E-state index is 0.0745. The van der Waals surface area contributed by atoms with E-state index in [-0.39, 0.29) is 25.0 Å². The molecule has 8 nitrogen and oxygen atoms in total. The number of carbonyl (C=O) groups is 4. The van der Waals surface area contributed by atoms with Gasteiger partial charge in [0.15, 0.2) is 0 Å². The number of methoxy groups -OCH3 is 1. The highest BCUT2D eigenvalue weighted by Crippen LogP contribution is 2.43. The monoisotopic (exact) mass is 728 g/mol. The Bertz CT molecular complexity index is 1900. The normalized spacial score (nSPS) is 14.3. The first-order chi connectivity index (χ1) is 24.3. The van der Waals surface area contributed by atoms with Crippen molar-refractivity contribution in [3.05, 3.63) is 172 Å². The third-order valence-electron chi connectivity index (χ3n) is 9.48. The number of carbonyl (C=O) groups excluding carboxylic acids is 4. The zero-order valence-electron chi connectivity index (χ0n) is 27.3. The van der Waals surface area contributed by atoms with Crippen LogP contribution in [0.3, 0.4) is 0 Å². The third-order valence-corrected chi connectivity index (χ3v) is 10.7. The molecule has 0 fully saturated rings. The van der Waals surface area contributed by atoms with Crippen LogP contribution in [-0.4, -0.2) is 65.6 Å². The van der Waals surface area contributed by atoms with E-state index in [0.29, 0.717) is 28.0 Å². The largest absolute Gasteiger partial charge is 0.497 e. The number of rotatable bonds is 12. The number of hydrogen-bond donors (Lipinski definition) is 0. The van der Waals surface area contributed by atoms with E-state index in [1.54, 1.807) is 55.6 Å². The maximum atomic E-state index is 13.8. The van der Waals surface area contributed by atoms with Crippen molar-refractivity contribution in [2.24, 2.45) is 5.41 Å². The number of amides is 4. The number of benzene rings is 5. The second-order valence-corrected chi connectivity index (χ2v) is 13.1. The minimum atomic E-state index is -1.19. The fourth-order valence-electron chi connectivity index (χ4n) is 6.88. The van der Waals surface area contributed by atoms with Gasteiger partial charge in [-0.2, -0.15) is 0 Å². The molecule has 7 rings (SSSR count). The first kappa shape index (κ1) is 33.1. The van der Waals surface area contributed by atoms with Crippen molar-refractivity contribution in [3.8, 4) is 5.75 Å². The predicted molar refractivity (Wildman–Crippen MR) is 192 cm³/mol. The predicted octanol–water partition coefficient (Wildman–Crippen LogP) is 6.98. The highest BCUT2D eigenvalue weighted by atomic mass is 79.9. The summed E-state index contributed by atoms with van der Waals surface area (Å²) in [5.74, 6) is -1.08. The van der Waals surface area contributed by atoms with E-state index in [1.165, 1.54) is 9.80 Å². The van der Waals surface area contributed by atoms with Crippen LogP contribution >= 0.6 is 15.9 Å². The van der Waals surface area contributed by atoms with E-state index in [9.17, 15) is 19.2 Å². The molecule has 5 aromatic carbocycles. The molecule has 0 unspecified atom stereocenters. The third kappa shape index (κ3) is 5.62. The summed E-state index contributed by atoms with van der Waals surface area (Å²) in [6, 6.07) is 40.6. The highest BCUT2D eigenvalue weighted by molar-refractivity contribution is 9.09.